The molecule has 25 heavy (non-hydrogen) atoms. The Balaban J connectivity index is 1.69. The normalized spacial score (nSPS) is 28.2. The van der Waals surface area contributed by atoms with E-state index >= 15 is 0 Å². The molecule has 4 nitrogen and oxygen atoms in total. The number of hydrogen-bond donors (Lipinski definition) is 1. The van der Waals surface area contributed by atoms with E-state index in [2.05, 4.69) is 60.8 Å². The first kappa shape index (κ1) is 15.2. The number of aryl methyl sites for hydroxylation is 1. The molecule has 3 heterocycles. The van der Waals surface area contributed by atoms with Gasteiger partial charge in [-0.2, -0.15) is 0 Å². The number of aromatic nitrogens is 3. The molecule has 0 radical (unpaired) electrons. The van der Waals surface area contributed by atoms with Gasteiger partial charge in [-0.05, 0) is 48.6 Å². The maximum atomic E-state index is 4.74. The fraction of sp³-hybridized carbons (Fsp3) is 0.524. The molecule has 1 aliphatic heterocycles. The minimum absolute atomic E-state index is 0.394. The number of rotatable bonds is 1. The van der Waals surface area contributed by atoms with Crippen molar-refractivity contribution in [1.29, 1.82) is 0 Å². The van der Waals surface area contributed by atoms with Gasteiger partial charge in [0.2, 0.25) is 0 Å². The Hall–Kier alpha value is -2.10. The molecule has 0 unspecified atom stereocenters. The van der Waals surface area contributed by atoms with Gasteiger partial charge in [0.1, 0.15) is 17.4 Å². The van der Waals surface area contributed by atoms with Gasteiger partial charge in [0.05, 0.1) is 0 Å². The van der Waals surface area contributed by atoms with E-state index in [1.54, 1.807) is 6.33 Å². The molecule has 0 spiro atoms. The van der Waals surface area contributed by atoms with Crippen LogP contribution in [0.2, 0.25) is 0 Å². The first-order valence-corrected chi connectivity index (χ1v) is 9.34. The van der Waals surface area contributed by atoms with Crippen LogP contribution in [-0.2, 0) is 0 Å². The molecule has 130 valence electrons. The van der Waals surface area contributed by atoms with Crippen LogP contribution in [0, 0.1) is 17.8 Å². The molecule has 4 heteroatoms. The molecule has 2 fully saturated rings. The van der Waals surface area contributed by atoms with Crippen LogP contribution in [0.3, 0.4) is 0 Å². The summed E-state index contributed by atoms with van der Waals surface area (Å²) in [5.74, 6) is 1.09. The van der Waals surface area contributed by atoms with Gasteiger partial charge in [0.15, 0.2) is 5.82 Å². The summed E-state index contributed by atoms with van der Waals surface area (Å²) >= 11 is 0. The molecule has 1 aliphatic carbocycles. The predicted octanol–water partition coefficient (Wildman–Crippen LogP) is 4.82. The van der Waals surface area contributed by atoms with E-state index < -0.39 is 0 Å². The molecule has 5 rings (SSSR count). The molecule has 2 atom stereocenters. The number of nitrogens with one attached hydrogen (secondary N) is 1. The van der Waals surface area contributed by atoms with Crippen molar-refractivity contribution in [3.63, 3.8) is 0 Å². The van der Waals surface area contributed by atoms with Gasteiger partial charge in [-0.15, -0.1) is 0 Å². The van der Waals surface area contributed by atoms with Gasteiger partial charge in [-0.3, -0.25) is 0 Å². The van der Waals surface area contributed by atoms with Crippen LogP contribution < -0.4 is 4.90 Å². The lowest BCUT2D eigenvalue weighted by Crippen LogP contribution is -2.35. The number of hydrogen-bond acceptors (Lipinski definition) is 3. The predicted molar refractivity (Wildman–Crippen MR) is 103 cm³/mol. The number of benzene rings is 1. The molecule has 2 aliphatic rings. The van der Waals surface area contributed by atoms with Crippen LogP contribution in [0.15, 0.2) is 24.5 Å². The van der Waals surface area contributed by atoms with Gasteiger partial charge >= 0.3 is 0 Å². The molecular formula is C21H26N4. The molecule has 2 aromatic heterocycles. The van der Waals surface area contributed by atoms with Crippen molar-refractivity contribution in [2.24, 2.45) is 10.8 Å². The van der Waals surface area contributed by atoms with Gasteiger partial charge in [0, 0.05) is 23.5 Å². The fourth-order valence-electron chi connectivity index (χ4n) is 5.83. The largest absolute Gasteiger partial charge is 0.351 e. The highest BCUT2D eigenvalue weighted by Gasteiger charge is 2.50. The fourth-order valence-corrected chi connectivity index (χ4v) is 5.83. The van der Waals surface area contributed by atoms with Crippen molar-refractivity contribution in [2.75, 3.05) is 11.4 Å². The van der Waals surface area contributed by atoms with E-state index in [0.717, 1.165) is 28.9 Å². The van der Waals surface area contributed by atoms with Crippen LogP contribution in [0.5, 0.6) is 0 Å². The molecule has 1 saturated heterocycles. The zero-order valence-electron chi connectivity index (χ0n) is 15.6. The number of nitrogens with zero attached hydrogens (tertiary/aromatic N) is 3. The lowest BCUT2D eigenvalue weighted by atomic mass is 9.65. The maximum Gasteiger partial charge on any atom is 0.156 e. The Labute approximate surface area is 148 Å². The monoisotopic (exact) mass is 334 g/mol. The van der Waals surface area contributed by atoms with Crippen LogP contribution in [0.4, 0.5) is 5.82 Å². The van der Waals surface area contributed by atoms with Gasteiger partial charge in [0.25, 0.3) is 0 Å². The molecule has 3 aromatic rings. The van der Waals surface area contributed by atoms with Crippen molar-refractivity contribution in [1.82, 2.24) is 15.0 Å². The zero-order valence-corrected chi connectivity index (χ0v) is 15.6. The van der Waals surface area contributed by atoms with Gasteiger partial charge in [-0.25, -0.2) is 9.97 Å². The highest BCUT2D eigenvalue weighted by atomic mass is 15.3. The minimum Gasteiger partial charge on any atom is -0.351 e. The smallest absolute Gasteiger partial charge is 0.156 e. The summed E-state index contributed by atoms with van der Waals surface area (Å²) < 4.78 is 0. The Bertz CT molecular complexity index is 986. The number of fused-ring (bicyclic) bond motifs is 5. The summed E-state index contributed by atoms with van der Waals surface area (Å²) in [6.07, 6.45) is 5.56. The molecule has 1 saturated carbocycles. The van der Waals surface area contributed by atoms with Gasteiger partial charge < -0.3 is 9.88 Å². The summed E-state index contributed by atoms with van der Waals surface area (Å²) in [7, 11) is 0. The summed E-state index contributed by atoms with van der Waals surface area (Å²) in [6.45, 7) is 10.5. The first-order valence-electron chi connectivity index (χ1n) is 9.34. The Morgan fingerprint density at radius 3 is 2.84 bits per heavy atom. The van der Waals surface area contributed by atoms with Crippen molar-refractivity contribution < 1.29 is 0 Å². The highest BCUT2D eigenvalue weighted by molar-refractivity contribution is 6.09. The van der Waals surface area contributed by atoms with Crippen LogP contribution in [0.25, 0.3) is 21.9 Å². The third kappa shape index (κ3) is 2.19. The van der Waals surface area contributed by atoms with Crippen LogP contribution >= 0.6 is 0 Å². The van der Waals surface area contributed by atoms with Crippen LogP contribution in [-0.4, -0.2) is 27.5 Å². The maximum absolute atomic E-state index is 4.74. The number of aromatic amines is 1. The average molecular weight is 334 g/mol. The Morgan fingerprint density at radius 1 is 1.16 bits per heavy atom. The molecule has 0 amide bonds. The quantitative estimate of drug-likeness (QED) is 0.693. The third-order valence-electron chi connectivity index (χ3n) is 6.28. The molecule has 1 N–H and O–H groups in total. The Kier molecular flexibility index (Phi) is 2.88. The van der Waals surface area contributed by atoms with E-state index in [9.17, 15) is 0 Å². The van der Waals surface area contributed by atoms with E-state index in [0.29, 0.717) is 16.9 Å². The molecular weight excluding hydrogens is 308 g/mol. The second kappa shape index (κ2) is 4.75. The summed E-state index contributed by atoms with van der Waals surface area (Å²) in [5.41, 5.74) is 5.39. The van der Waals surface area contributed by atoms with E-state index in [1.807, 2.05) is 0 Å². The molecule has 2 bridgehead atoms. The summed E-state index contributed by atoms with van der Waals surface area (Å²) in [5, 5.41) is 1.23. The van der Waals surface area contributed by atoms with Crippen molar-refractivity contribution in [3.05, 3.63) is 30.1 Å². The van der Waals surface area contributed by atoms with E-state index in [1.165, 1.54) is 30.2 Å². The summed E-state index contributed by atoms with van der Waals surface area (Å²) in [4.78, 5) is 15.5. The third-order valence-corrected chi connectivity index (χ3v) is 6.28. The topological polar surface area (TPSA) is 44.8 Å². The zero-order chi connectivity index (χ0) is 17.4. The number of H-pyrrole nitrogens is 1. The van der Waals surface area contributed by atoms with E-state index in [-0.39, 0.29) is 0 Å². The average Bonchev–Trinajstić information content (AvgIpc) is 3.01. The first-order chi connectivity index (χ1) is 11.9. The van der Waals surface area contributed by atoms with Gasteiger partial charge in [-0.1, -0.05) is 32.9 Å². The SMILES string of the molecule is Cc1cccc2[nH]c3c(N4C[C@@]5(C)C[C@@H]4CC(C)(C)C5)ncnc3c12. The Morgan fingerprint density at radius 2 is 2.00 bits per heavy atom. The second-order valence-corrected chi connectivity index (χ2v) is 9.38. The standard InChI is InChI=1S/C21H26N4/c1-13-6-5-7-15-16(13)17-18(24-15)19(23-12-22-17)25-11-21(4)9-14(25)8-20(2,3)10-21/h5-7,12,14,24H,8-11H2,1-4H3/t14-,21-/m0/s1. The lowest BCUT2D eigenvalue weighted by Gasteiger charge is -2.39. The van der Waals surface area contributed by atoms with Crippen LogP contribution in [0.1, 0.15) is 45.6 Å². The summed E-state index contributed by atoms with van der Waals surface area (Å²) in [6, 6.07) is 6.98. The van der Waals surface area contributed by atoms with E-state index in [4.69, 9.17) is 4.98 Å². The lowest BCUT2D eigenvalue weighted by molar-refractivity contribution is 0.136. The second-order valence-electron chi connectivity index (χ2n) is 9.38. The molecule has 1 aromatic carbocycles. The minimum atomic E-state index is 0.394. The van der Waals surface area contributed by atoms with Crippen molar-refractivity contribution in [3.8, 4) is 0 Å². The van der Waals surface area contributed by atoms with Crippen molar-refractivity contribution in [2.45, 2.75) is 53.0 Å². The number of anilines is 1. The highest BCUT2D eigenvalue weighted by Crippen LogP contribution is 2.53. The van der Waals surface area contributed by atoms with Crippen molar-refractivity contribution >= 4 is 27.8 Å².